The van der Waals surface area contributed by atoms with Crippen LogP contribution in [0.3, 0.4) is 0 Å². The van der Waals surface area contributed by atoms with Gasteiger partial charge in [-0.3, -0.25) is 0 Å². The van der Waals surface area contributed by atoms with Crippen molar-refractivity contribution in [1.82, 2.24) is 0 Å². The number of hydrogen-bond acceptors (Lipinski definition) is 2. The van der Waals surface area contributed by atoms with Gasteiger partial charge in [0, 0.05) is 5.88 Å². The third-order valence-electron chi connectivity index (χ3n) is 2.07. The van der Waals surface area contributed by atoms with Crippen LogP contribution in [-0.4, -0.2) is 20.1 Å². The Kier molecular flexibility index (Phi) is 4.43. The van der Waals surface area contributed by atoms with Crippen LogP contribution in [-0.2, 0) is 16.0 Å². The van der Waals surface area contributed by atoms with Gasteiger partial charge in [0.05, 0.1) is 16.2 Å². The lowest BCUT2D eigenvalue weighted by atomic mass is 10.2. The predicted molar refractivity (Wildman–Crippen MR) is 58.8 cm³/mol. The molecule has 0 atom stereocenters. The fraction of sp³-hybridized carbons (Fsp3) is 0.400. The average molecular weight is 287 g/mol. The van der Waals surface area contributed by atoms with Gasteiger partial charge < -0.3 is 0 Å². The predicted octanol–water partition coefficient (Wildman–Crippen LogP) is 3.11. The Bertz CT molecular complexity index is 483. The fourth-order valence-electron chi connectivity index (χ4n) is 1.33. The van der Waals surface area contributed by atoms with E-state index in [2.05, 4.69) is 0 Å². The van der Waals surface area contributed by atoms with E-state index in [9.17, 15) is 21.6 Å². The molecule has 0 aromatic heterocycles. The maximum atomic E-state index is 12.6. The Morgan fingerprint density at radius 3 is 2.29 bits per heavy atom. The largest absolute Gasteiger partial charge is 0.417 e. The van der Waals surface area contributed by atoms with E-state index in [0.717, 1.165) is 18.2 Å². The number of halogens is 4. The summed E-state index contributed by atoms with van der Waals surface area (Å²) in [5, 5.41) is 0. The number of alkyl halides is 4. The number of benzene rings is 1. The molecule has 1 aromatic carbocycles. The Hall–Kier alpha value is -0.750. The van der Waals surface area contributed by atoms with E-state index in [1.807, 2.05) is 0 Å². The number of hydrogen-bond donors (Lipinski definition) is 0. The molecule has 7 heteroatoms. The van der Waals surface area contributed by atoms with E-state index in [1.165, 1.54) is 6.07 Å². The van der Waals surface area contributed by atoms with Gasteiger partial charge in [-0.15, -0.1) is 11.6 Å². The summed E-state index contributed by atoms with van der Waals surface area (Å²) < 4.78 is 61.2. The maximum absolute atomic E-state index is 12.6. The van der Waals surface area contributed by atoms with Crippen molar-refractivity contribution in [2.75, 3.05) is 11.6 Å². The van der Waals surface area contributed by atoms with E-state index in [-0.39, 0.29) is 18.1 Å². The summed E-state index contributed by atoms with van der Waals surface area (Å²) in [5.41, 5.74) is -1.13. The van der Waals surface area contributed by atoms with Crippen molar-refractivity contribution >= 4 is 21.4 Å². The first-order valence-corrected chi connectivity index (χ1v) is 6.92. The van der Waals surface area contributed by atoms with E-state index >= 15 is 0 Å². The summed E-state index contributed by atoms with van der Waals surface area (Å²) in [5.74, 6) is -0.295. The minimum Gasteiger partial charge on any atom is -0.224 e. The molecular formula is C10H10ClF3O2S. The molecule has 17 heavy (non-hydrogen) atoms. The minimum atomic E-state index is -4.68. The lowest BCUT2D eigenvalue weighted by molar-refractivity contribution is -0.139. The van der Waals surface area contributed by atoms with E-state index in [0.29, 0.717) is 0 Å². The van der Waals surface area contributed by atoms with Gasteiger partial charge in [-0.2, -0.15) is 13.2 Å². The summed E-state index contributed by atoms with van der Waals surface area (Å²) in [6.07, 6.45) is -4.55. The van der Waals surface area contributed by atoms with Crippen molar-refractivity contribution in [3.63, 3.8) is 0 Å². The third-order valence-corrected chi connectivity index (χ3v) is 4.19. The quantitative estimate of drug-likeness (QED) is 0.797. The highest BCUT2D eigenvalue weighted by molar-refractivity contribution is 7.91. The zero-order valence-corrected chi connectivity index (χ0v) is 10.2. The second kappa shape index (κ2) is 5.27. The van der Waals surface area contributed by atoms with Gasteiger partial charge in [0.2, 0.25) is 0 Å². The van der Waals surface area contributed by atoms with Crippen LogP contribution < -0.4 is 0 Å². The first-order chi connectivity index (χ1) is 7.79. The van der Waals surface area contributed by atoms with Crippen molar-refractivity contribution in [2.24, 2.45) is 0 Å². The summed E-state index contributed by atoms with van der Waals surface area (Å²) in [6.45, 7) is 0. The molecule has 2 nitrogen and oxygen atoms in total. The van der Waals surface area contributed by atoms with Crippen LogP contribution >= 0.6 is 11.6 Å². The Morgan fingerprint density at radius 2 is 1.76 bits per heavy atom. The molecule has 0 aliphatic rings. The number of sulfone groups is 1. The van der Waals surface area contributed by atoms with Gasteiger partial charge >= 0.3 is 6.18 Å². The summed E-state index contributed by atoms with van der Waals surface area (Å²) in [4.78, 5) is -0.683. The molecule has 0 unspecified atom stereocenters. The molecular weight excluding hydrogens is 277 g/mol. The summed E-state index contributed by atoms with van der Waals surface area (Å²) in [6, 6.07) is 4.15. The standard InChI is InChI=1S/C10H10ClF3O2S/c11-6-3-7-17(15,16)9-5-2-1-4-8(9)10(12,13)14/h1-2,4-5H,3,6-7H2. The van der Waals surface area contributed by atoms with Crippen LogP contribution in [0.5, 0.6) is 0 Å². The van der Waals surface area contributed by atoms with Crippen molar-refractivity contribution in [3.05, 3.63) is 29.8 Å². The van der Waals surface area contributed by atoms with Crippen LogP contribution in [0, 0.1) is 0 Å². The SMILES string of the molecule is O=S(=O)(CCCCl)c1ccccc1C(F)(F)F. The molecule has 0 fully saturated rings. The minimum absolute atomic E-state index is 0.0907. The van der Waals surface area contributed by atoms with Crippen LogP contribution in [0.15, 0.2) is 29.2 Å². The monoisotopic (exact) mass is 286 g/mol. The molecule has 0 aliphatic heterocycles. The van der Waals surface area contributed by atoms with Crippen LogP contribution in [0.4, 0.5) is 13.2 Å². The third kappa shape index (κ3) is 3.61. The van der Waals surface area contributed by atoms with Gasteiger partial charge in [0.15, 0.2) is 9.84 Å². The Labute approximate surface area is 102 Å². The highest BCUT2D eigenvalue weighted by Gasteiger charge is 2.36. The molecule has 0 N–H and O–H groups in total. The molecule has 0 amide bonds. The Balaban J connectivity index is 3.23. The molecule has 0 aliphatic carbocycles. The second-order valence-electron chi connectivity index (χ2n) is 3.36. The first-order valence-electron chi connectivity index (χ1n) is 4.74. The molecule has 96 valence electrons. The average Bonchev–Trinajstić information content (AvgIpc) is 2.25. The molecule has 1 rings (SSSR count). The highest BCUT2D eigenvalue weighted by Crippen LogP contribution is 2.34. The lowest BCUT2D eigenvalue weighted by Crippen LogP contribution is -2.15. The van der Waals surface area contributed by atoms with Gasteiger partial charge in [-0.25, -0.2) is 8.42 Å². The lowest BCUT2D eigenvalue weighted by Gasteiger charge is -2.12. The van der Waals surface area contributed by atoms with Crippen LogP contribution in [0.1, 0.15) is 12.0 Å². The Morgan fingerprint density at radius 1 is 1.18 bits per heavy atom. The fourth-order valence-corrected chi connectivity index (χ4v) is 3.17. The van der Waals surface area contributed by atoms with Crippen molar-refractivity contribution in [2.45, 2.75) is 17.5 Å². The normalized spacial score (nSPS) is 12.7. The molecule has 0 spiro atoms. The van der Waals surface area contributed by atoms with Crippen molar-refractivity contribution < 1.29 is 21.6 Å². The second-order valence-corrected chi connectivity index (χ2v) is 5.81. The molecule has 0 heterocycles. The van der Waals surface area contributed by atoms with Crippen molar-refractivity contribution in [3.8, 4) is 0 Å². The van der Waals surface area contributed by atoms with Gasteiger partial charge in [-0.1, -0.05) is 12.1 Å². The van der Waals surface area contributed by atoms with Gasteiger partial charge in [0.25, 0.3) is 0 Å². The maximum Gasteiger partial charge on any atom is 0.417 e. The van der Waals surface area contributed by atoms with Crippen LogP contribution in [0.25, 0.3) is 0 Å². The molecule has 0 bridgehead atoms. The molecule has 0 saturated heterocycles. The van der Waals surface area contributed by atoms with Crippen molar-refractivity contribution in [1.29, 1.82) is 0 Å². The van der Waals surface area contributed by atoms with Gasteiger partial charge in [0.1, 0.15) is 0 Å². The van der Waals surface area contributed by atoms with Gasteiger partial charge in [-0.05, 0) is 18.6 Å². The molecule has 0 saturated carbocycles. The molecule has 1 aromatic rings. The topological polar surface area (TPSA) is 34.1 Å². The zero-order valence-electron chi connectivity index (χ0n) is 8.67. The first kappa shape index (κ1) is 14.3. The smallest absolute Gasteiger partial charge is 0.224 e. The summed E-state index contributed by atoms with van der Waals surface area (Å²) >= 11 is 5.34. The highest BCUT2D eigenvalue weighted by atomic mass is 35.5. The van der Waals surface area contributed by atoms with E-state index in [1.54, 1.807) is 0 Å². The number of rotatable bonds is 4. The van der Waals surface area contributed by atoms with E-state index < -0.39 is 26.5 Å². The van der Waals surface area contributed by atoms with E-state index in [4.69, 9.17) is 11.6 Å². The zero-order chi connectivity index (χ0) is 13.1. The molecule has 0 radical (unpaired) electrons. The summed E-state index contributed by atoms with van der Waals surface area (Å²) in [7, 11) is -3.94. The van der Waals surface area contributed by atoms with Crippen LogP contribution in [0.2, 0.25) is 0 Å².